The second-order valence-electron chi connectivity index (χ2n) is 8.57. The predicted octanol–water partition coefficient (Wildman–Crippen LogP) is 3.24. The maximum atomic E-state index is 13.9. The molecule has 3 rings (SSSR count). The lowest BCUT2D eigenvalue weighted by atomic mass is 10.0. The van der Waals surface area contributed by atoms with Gasteiger partial charge in [0.2, 0.25) is 21.8 Å². The summed E-state index contributed by atoms with van der Waals surface area (Å²) in [6, 6.07) is 24.4. The first-order valence-corrected chi connectivity index (χ1v) is 13.8. The Bertz CT molecular complexity index is 1270. The minimum atomic E-state index is -3.81. The molecule has 1 N–H and O–H groups in total. The molecule has 0 heterocycles. The Morgan fingerprint density at radius 3 is 1.97 bits per heavy atom. The average molecular weight is 524 g/mol. The van der Waals surface area contributed by atoms with E-state index in [2.05, 4.69) is 5.32 Å². The van der Waals surface area contributed by atoms with E-state index in [1.54, 1.807) is 24.3 Å². The van der Waals surface area contributed by atoms with Gasteiger partial charge in [0.1, 0.15) is 18.3 Å². The van der Waals surface area contributed by atoms with Crippen LogP contribution >= 0.6 is 0 Å². The molecule has 0 bridgehead atoms. The maximum Gasteiger partial charge on any atom is 0.244 e. The van der Waals surface area contributed by atoms with Crippen molar-refractivity contribution in [2.45, 2.75) is 25.9 Å². The maximum absolute atomic E-state index is 13.9. The molecule has 2 amide bonds. The number of amides is 2. The Morgan fingerprint density at radius 2 is 1.46 bits per heavy atom. The van der Waals surface area contributed by atoms with Crippen molar-refractivity contribution < 1.29 is 22.7 Å². The molecule has 3 aromatic rings. The van der Waals surface area contributed by atoms with Crippen molar-refractivity contribution in [3.05, 3.63) is 96.1 Å². The number of ether oxygens (including phenoxy) is 1. The SMILES string of the molecule is CCNC(=O)C(Cc1ccccc1)N(Cc1ccccc1)C(=O)CN(c1ccc(OC)cc1)S(C)(=O)=O. The highest BCUT2D eigenvalue weighted by Crippen LogP contribution is 2.23. The smallest absolute Gasteiger partial charge is 0.244 e. The molecule has 196 valence electrons. The first kappa shape index (κ1) is 27.7. The molecule has 1 unspecified atom stereocenters. The zero-order chi connectivity index (χ0) is 26.8. The van der Waals surface area contributed by atoms with Crippen LogP contribution in [0.1, 0.15) is 18.1 Å². The molecule has 0 spiro atoms. The summed E-state index contributed by atoms with van der Waals surface area (Å²) in [5.41, 5.74) is 2.04. The molecule has 0 saturated carbocycles. The quantitative estimate of drug-likeness (QED) is 0.393. The number of benzene rings is 3. The number of carbonyl (C=O) groups is 2. The normalized spacial score (nSPS) is 11.9. The number of nitrogens with one attached hydrogen (secondary N) is 1. The highest BCUT2D eigenvalue weighted by molar-refractivity contribution is 7.92. The Kier molecular flexibility index (Phi) is 9.68. The Labute approximate surface area is 218 Å². The van der Waals surface area contributed by atoms with Gasteiger partial charge < -0.3 is 15.0 Å². The van der Waals surface area contributed by atoms with Gasteiger partial charge in [-0.15, -0.1) is 0 Å². The number of carbonyl (C=O) groups excluding carboxylic acids is 2. The third-order valence-corrected chi connectivity index (χ3v) is 7.00. The fourth-order valence-corrected chi connectivity index (χ4v) is 4.84. The summed E-state index contributed by atoms with van der Waals surface area (Å²) in [6.07, 6.45) is 1.34. The van der Waals surface area contributed by atoms with E-state index in [-0.39, 0.29) is 18.9 Å². The van der Waals surface area contributed by atoms with Crippen LogP contribution in [0.5, 0.6) is 5.75 Å². The number of hydrogen-bond acceptors (Lipinski definition) is 5. The third-order valence-electron chi connectivity index (χ3n) is 5.86. The summed E-state index contributed by atoms with van der Waals surface area (Å²) in [7, 11) is -2.29. The van der Waals surface area contributed by atoms with E-state index < -0.39 is 28.5 Å². The standard InChI is InChI=1S/C28H33N3O5S/c1-4-29-28(33)26(19-22-11-7-5-8-12-22)30(20-23-13-9-6-10-14-23)27(32)21-31(37(3,34)35)24-15-17-25(36-2)18-16-24/h5-18,26H,4,19-21H2,1-3H3,(H,29,33). The second-order valence-corrected chi connectivity index (χ2v) is 10.5. The van der Waals surface area contributed by atoms with E-state index >= 15 is 0 Å². The van der Waals surface area contributed by atoms with Crippen LogP contribution < -0.4 is 14.4 Å². The van der Waals surface area contributed by atoms with Gasteiger partial charge in [0.05, 0.1) is 19.1 Å². The van der Waals surface area contributed by atoms with E-state index in [0.29, 0.717) is 18.0 Å². The summed E-state index contributed by atoms with van der Waals surface area (Å²) in [5.74, 6) is -0.225. The molecule has 3 aromatic carbocycles. The number of nitrogens with zero attached hydrogens (tertiary/aromatic N) is 2. The van der Waals surface area contributed by atoms with Crippen molar-refractivity contribution in [3.8, 4) is 5.75 Å². The molecule has 0 radical (unpaired) electrons. The first-order chi connectivity index (χ1) is 17.7. The van der Waals surface area contributed by atoms with Gasteiger partial charge in [0.25, 0.3) is 0 Å². The molecular formula is C28H33N3O5S. The summed E-state index contributed by atoms with van der Waals surface area (Å²) < 4.78 is 31.7. The molecule has 0 aliphatic rings. The molecular weight excluding hydrogens is 490 g/mol. The molecule has 37 heavy (non-hydrogen) atoms. The van der Waals surface area contributed by atoms with Crippen molar-refractivity contribution in [1.29, 1.82) is 0 Å². The van der Waals surface area contributed by atoms with Crippen LogP contribution in [0.4, 0.5) is 5.69 Å². The van der Waals surface area contributed by atoms with Gasteiger partial charge in [-0.3, -0.25) is 13.9 Å². The number of methoxy groups -OCH3 is 1. The average Bonchev–Trinajstić information content (AvgIpc) is 2.90. The Balaban J connectivity index is 2.00. The number of sulfonamides is 1. The number of hydrogen-bond donors (Lipinski definition) is 1. The topological polar surface area (TPSA) is 96.0 Å². The number of anilines is 1. The molecule has 0 fully saturated rings. The fourth-order valence-electron chi connectivity index (χ4n) is 3.99. The second kappa shape index (κ2) is 12.9. The third kappa shape index (κ3) is 7.82. The zero-order valence-corrected chi connectivity index (χ0v) is 22.1. The van der Waals surface area contributed by atoms with E-state index in [4.69, 9.17) is 4.74 Å². The Morgan fingerprint density at radius 1 is 0.892 bits per heavy atom. The fraction of sp³-hybridized carbons (Fsp3) is 0.286. The minimum absolute atomic E-state index is 0.147. The van der Waals surface area contributed by atoms with Crippen molar-refractivity contribution in [1.82, 2.24) is 10.2 Å². The molecule has 0 aromatic heterocycles. The van der Waals surface area contributed by atoms with Crippen molar-refractivity contribution >= 4 is 27.5 Å². The van der Waals surface area contributed by atoms with Gasteiger partial charge in [0, 0.05) is 19.5 Å². The molecule has 9 heteroatoms. The van der Waals surface area contributed by atoms with Crippen molar-refractivity contribution in [2.75, 3.05) is 30.8 Å². The van der Waals surface area contributed by atoms with E-state index in [0.717, 1.165) is 21.7 Å². The van der Waals surface area contributed by atoms with Crippen LogP contribution in [0.15, 0.2) is 84.9 Å². The highest BCUT2D eigenvalue weighted by Gasteiger charge is 2.32. The highest BCUT2D eigenvalue weighted by atomic mass is 32.2. The molecule has 0 aliphatic heterocycles. The Hall–Kier alpha value is -3.85. The van der Waals surface area contributed by atoms with E-state index in [1.165, 1.54) is 12.0 Å². The predicted molar refractivity (Wildman–Crippen MR) is 145 cm³/mol. The summed E-state index contributed by atoms with van der Waals surface area (Å²) >= 11 is 0. The minimum Gasteiger partial charge on any atom is -0.497 e. The van der Waals surface area contributed by atoms with Crippen LogP contribution in [0, 0.1) is 0 Å². The molecule has 0 aliphatic carbocycles. The van der Waals surface area contributed by atoms with Crippen molar-refractivity contribution in [2.24, 2.45) is 0 Å². The number of likely N-dealkylation sites (N-methyl/N-ethyl adjacent to an activating group) is 1. The monoisotopic (exact) mass is 523 g/mol. The van der Waals surface area contributed by atoms with Crippen LogP contribution in [-0.4, -0.2) is 57.6 Å². The van der Waals surface area contributed by atoms with Gasteiger partial charge in [-0.25, -0.2) is 8.42 Å². The number of rotatable bonds is 12. The lowest BCUT2D eigenvalue weighted by Crippen LogP contribution is -2.53. The lowest BCUT2D eigenvalue weighted by Gasteiger charge is -2.33. The van der Waals surface area contributed by atoms with E-state index in [9.17, 15) is 18.0 Å². The van der Waals surface area contributed by atoms with Gasteiger partial charge >= 0.3 is 0 Å². The molecule has 0 saturated heterocycles. The van der Waals surface area contributed by atoms with Gasteiger partial charge in [-0.05, 0) is 42.3 Å². The van der Waals surface area contributed by atoms with Crippen LogP contribution in [0.3, 0.4) is 0 Å². The molecule has 1 atom stereocenters. The lowest BCUT2D eigenvalue weighted by molar-refractivity contribution is -0.140. The summed E-state index contributed by atoms with van der Waals surface area (Å²) in [6.45, 7) is 1.91. The van der Waals surface area contributed by atoms with Gasteiger partial charge in [-0.2, -0.15) is 0 Å². The first-order valence-electron chi connectivity index (χ1n) is 12.0. The largest absolute Gasteiger partial charge is 0.497 e. The van der Waals surface area contributed by atoms with E-state index in [1.807, 2.05) is 67.6 Å². The summed E-state index contributed by atoms with van der Waals surface area (Å²) in [5, 5.41) is 2.84. The van der Waals surface area contributed by atoms with Gasteiger partial charge in [-0.1, -0.05) is 60.7 Å². The molecule has 8 nitrogen and oxygen atoms in total. The van der Waals surface area contributed by atoms with Crippen molar-refractivity contribution in [3.63, 3.8) is 0 Å². The van der Waals surface area contributed by atoms with Crippen LogP contribution in [0.25, 0.3) is 0 Å². The van der Waals surface area contributed by atoms with Gasteiger partial charge in [0.15, 0.2) is 0 Å². The van der Waals surface area contributed by atoms with Crippen LogP contribution in [-0.2, 0) is 32.6 Å². The van der Waals surface area contributed by atoms with Crippen LogP contribution in [0.2, 0.25) is 0 Å². The summed E-state index contributed by atoms with van der Waals surface area (Å²) in [4.78, 5) is 28.6. The zero-order valence-electron chi connectivity index (χ0n) is 21.3.